The van der Waals surface area contributed by atoms with Gasteiger partial charge < -0.3 is 19.5 Å². The minimum Gasteiger partial charge on any atom is -0.406 e. The average Bonchev–Trinajstić information content (AvgIpc) is 3.53. The van der Waals surface area contributed by atoms with Crippen LogP contribution in [0.1, 0.15) is 30.5 Å². The summed E-state index contributed by atoms with van der Waals surface area (Å²) >= 11 is 0. The van der Waals surface area contributed by atoms with Crippen LogP contribution in [0.2, 0.25) is 0 Å². The van der Waals surface area contributed by atoms with Gasteiger partial charge in [-0.15, -0.1) is 13.2 Å². The standard InChI is InChI=1S/C26H26F3N7O3/c1-17-14-21(25-32-24(34-39-25)19-6-8-20(9-7-19)38-26(27,28)29)33-36(17)16-18-5-10-22(31-15-18)30-11-13-35-12-3-2-4-23(35)37/h5-10,14-15H,2-4,11-13,16H2,1H3,(H,30,31). The van der Waals surface area contributed by atoms with Crippen LogP contribution < -0.4 is 10.1 Å². The lowest BCUT2D eigenvalue weighted by molar-refractivity contribution is -0.274. The van der Waals surface area contributed by atoms with Crippen LogP contribution in [0.3, 0.4) is 0 Å². The van der Waals surface area contributed by atoms with Crippen molar-refractivity contribution in [1.29, 1.82) is 0 Å². The number of nitrogens with one attached hydrogen (secondary N) is 1. The van der Waals surface area contributed by atoms with Gasteiger partial charge in [0.15, 0.2) is 5.69 Å². The third kappa shape index (κ3) is 6.72. The number of benzene rings is 1. The number of anilines is 1. The van der Waals surface area contributed by atoms with Gasteiger partial charge in [-0.3, -0.25) is 9.48 Å². The van der Waals surface area contributed by atoms with E-state index in [4.69, 9.17) is 4.52 Å². The van der Waals surface area contributed by atoms with Crippen molar-refractivity contribution in [2.45, 2.75) is 39.1 Å². The van der Waals surface area contributed by atoms with Crippen molar-refractivity contribution in [3.8, 4) is 28.7 Å². The normalized spacial score (nSPS) is 14.1. The monoisotopic (exact) mass is 541 g/mol. The molecule has 4 aromatic rings. The SMILES string of the molecule is Cc1cc(-c2nc(-c3ccc(OC(F)(F)F)cc3)no2)nn1Cc1ccc(NCCN2CCCCC2=O)nc1. The van der Waals surface area contributed by atoms with Crippen molar-refractivity contribution in [3.63, 3.8) is 0 Å². The quantitative estimate of drug-likeness (QED) is 0.325. The Balaban J connectivity index is 1.18. The molecule has 0 bridgehead atoms. The number of pyridine rings is 1. The lowest BCUT2D eigenvalue weighted by Crippen LogP contribution is -2.38. The highest BCUT2D eigenvalue weighted by Gasteiger charge is 2.31. The van der Waals surface area contributed by atoms with E-state index in [0.717, 1.165) is 36.5 Å². The van der Waals surface area contributed by atoms with Crippen molar-refractivity contribution >= 4 is 11.7 Å². The van der Waals surface area contributed by atoms with Crippen molar-refractivity contribution in [2.24, 2.45) is 0 Å². The lowest BCUT2D eigenvalue weighted by Gasteiger charge is -2.26. The number of carbonyl (C=O) groups is 1. The molecule has 0 unspecified atom stereocenters. The fourth-order valence-corrected chi connectivity index (χ4v) is 4.24. The van der Waals surface area contributed by atoms with E-state index in [0.29, 0.717) is 37.3 Å². The largest absolute Gasteiger partial charge is 0.573 e. The Hall–Kier alpha value is -4.42. The molecule has 0 saturated carbocycles. The van der Waals surface area contributed by atoms with Gasteiger partial charge in [0.25, 0.3) is 5.89 Å². The summed E-state index contributed by atoms with van der Waals surface area (Å²) in [7, 11) is 0. The molecule has 1 aliphatic heterocycles. The number of aryl methyl sites for hydroxylation is 1. The fourth-order valence-electron chi connectivity index (χ4n) is 4.24. The summed E-state index contributed by atoms with van der Waals surface area (Å²) in [5.41, 5.74) is 2.75. The number of ether oxygens (including phenoxy) is 1. The molecule has 4 heterocycles. The van der Waals surface area contributed by atoms with Crippen molar-refractivity contribution < 1.29 is 27.2 Å². The molecule has 1 aromatic carbocycles. The Bertz CT molecular complexity index is 1420. The number of hydrogen-bond donors (Lipinski definition) is 1. The molecule has 1 N–H and O–H groups in total. The van der Waals surface area contributed by atoms with Gasteiger partial charge in [-0.25, -0.2) is 4.98 Å². The van der Waals surface area contributed by atoms with Crippen LogP contribution in [0, 0.1) is 6.92 Å². The average molecular weight is 542 g/mol. The number of likely N-dealkylation sites (tertiary alicyclic amines) is 1. The molecule has 5 rings (SSSR count). The number of nitrogens with zero attached hydrogens (tertiary/aromatic N) is 6. The van der Waals surface area contributed by atoms with E-state index in [-0.39, 0.29) is 23.4 Å². The molecule has 39 heavy (non-hydrogen) atoms. The highest BCUT2D eigenvalue weighted by Crippen LogP contribution is 2.27. The highest BCUT2D eigenvalue weighted by atomic mass is 19.4. The molecule has 1 aliphatic rings. The summed E-state index contributed by atoms with van der Waals surface area (Å²) in [6.45, 7) is 4.49. The third-order valence-corrected chi connectivity index (χ3v) is 6.24. The third-order valence-electron chi connectivity index (χ3n) is 6.24. The first kappa shape index (κ1) is 26.2. The Morgan fingerprint density at radius 2 is 1.95 bits per heavy atom. The maximum Gasteiger partial charge on any atom is 0.573 e. The number of piperidine rings is 1. The minimum atomic E-state index is -4.76. The van der Waals surface area contributed by atoms with Crippen LogP contribution in [0.15, 0.2) is 53.2 Å². The molecule has 1 amide bonds. The Kier molecular flexibility index (Phi) is 7.48. The van der Waals surface area contributed by atoms with Crippen LogP contribution in [-0.4, -0.2) is 61.7 Å². The smallest absolute Gasteiger partial charge is 0.406 e. The summed E-state index contributed by atoms with van der Waals surface area (Å²) < 4.78 is 48.1. The maximum absolute atomic E-state index is 12.4. The van der Waals surface area contributed by atoms with Crippen molar-refractivity contribution in [1.82, 2.24) is 29.8 Å². The first-order chi connectivity index (χ1) is 18.7. The molecular weight excluding hydrogens is 515 g/mol. The zero-order chi connectivity index (χ0) is 27.4. The van der Waals surface area contributed by atoms with E-state index < -0.39 is 6.36 Å². The zero-order valence-electron chi connectivity index (χ0n) is 21.1. The van der Waals surface area contributed by atoms with E-state index in [2.05, 4.69) is 30.3 Å². The van der Waals surface area contributed by atoms with Crippen LogP contribution in [-0.2, 0) is 11.3 Å². The molecule has 0 spiro atoms. The van der Waals surface area contributed by atoms with Crippen LogP contribution in [0.5, 0.6) is 5.75 Å². The number of amides is 1. The zero-order valence-corrected chi connectivity index (χ0v) is 21.1. The van der Waals surface area contributed by atoms with Gasteiger partial charge in [0.2, 0.25) is 11.7 Å². The predicted octanol–water partition coefficient (Wildman–Crippen LogP) is 4.67. The Labute approximate surface area is 221 Å². The van der Waals surface area contributed by atoms with E-state index in [1.165, 1.54) is 24.3 Å². The number of alkyl halides is 3. The van der Waals surface area contributed by atoms with E-state index in [1.807, 2.05) is 30.0 Å². The highest BCUT2D eigenvalue weighted by molar-refractivity contribution is 5.76. The van der Waals surface area contributed by atoms with Gasteiger partial charge in [-0.05, 0) is 61.7 Å². The second-order valence-electron chi connectivity index (χ2n) is 9.14. The van der Waals surface area contributed by atoms with E-state index >= 15 is 0 Å². The van der Waals surface area contributed by atoms with Crippen molar-refractivity contribution in [3.05, 3.63) is 59.9 Å². The van der Waals surface area contributed by atoms with Crippen LogP contribution in [0.4, 0.5) is 19.0 Å². The van der Waals surface area contributed by atoms with Gasteiger partial charge in [-0.1, -0.05) is 11.2 Å². The van der Waals surface area contributed by atoms with Crippen LogP contribution >= 0.6 is 0 Å². The molecule has 13 heteroatoms. The van der Waals surface area contributed by atoms with E-state index in [1.54, 1.807) is 10.9 Å². The molecular formula is C26H26F3N7O3. The molecule has 0 aliphatic carbocycles. The summed E-state index contributed by atoms with van der Waals surface area (Å²) in [5, 5.41) is 11.7. The number of hydrogen-bond acceptors (Lipinski definition) is 8. The Morgan fingerprint density at radius 1 is 1.13 bits per heavy atom. The summed E-state index contributed by atoms with van der Waals surface area (Å²) in [4.78, 5) is 22.6. The molecule has 204 valence electrons. The molecule has 0 atom stereocenters. The topological polar surface area (TPSA) is 111 Å². The first-order valence-electron chi connectivity index (χ1n) is 12.4. The van der Waals surface area contributed by atoms with Gasteiger partial charge in [0.1, 0.15) is 11.6 Å². The van der Waals surface area contributed by atoms with Gasteiger partial charge in [0, 0.05) is 43.5 Å². The van der Waals surface area contributed by atoms with Crippen LogP contribution in [0.25, 0.3) is 23.0 Å². The number of carbonyl (C=O) groups excluding carboxylic acids is 1. The number of rotatable bonds is 9. The van der Waals surface area contributed by atoms with Gasteiger partial charge >= 0.3 is 6.36 Å². The summed E-state index contributed by atoms with van der Waals surface area (Å²) in [6.07, 6.45) is -0.333. The Morgan fingerprint density at radius 3 is 2.67 bits per heavy atom. The summed E-state index contributed by atoms with van der Waals surface area (Å²) in [5.74, 6) is 1.01. The molecule has 10 nitrogen and oxygen atoms in total. The first-order valence-corrected chi connectivity index (χ1v) is 12.4. The van der Waals surface area contributed by atoms with Crippen molar-refractivity contribution in [2.75, 3.05) is 25.0 Å². The minimum absolute atomic E-state index is 0.187. The predicted molar refractivity (Wildman–Crippen MR) is 135 cm³/mol. The lowest BCUT2D eigenvalue weighted by atomic mass is 10.1. The molecule has 3 aromatic heterocycles. The number of aromatic nitrogens is 5. The van der Waals surface area contributed by atoms with Gasteiger partial charge in [-0.2, -0.15) is 10.1 Å². The maximum atomic E-state index is 12.4. The summed E-state index contributed by atoms with van der Waals surface area (Å²) in [6, 6.07) is 10.9. The fraction of sp³-hybridized carbons (Fsp3) is 0.346. The second-order valence-corrected chi connectivity index (χ2v) is 9.14. The van der Waals surface area contributed by atoms with E-state index in [9.17, 15) is 18.0 Å². The van der Waals surface area contributed by atoms with Gasteiger partial charge in [0.05, 0.1) is 6.54 Å². The number of halogens is 3. The molecule has 1 saturated heterocycles. The molecule has 1 fully saturated rings. The second kappa shape index (κ2) is 11.1. The molecule has 0 radical (unpaired) electrons.